The third kappa shape index (κ3) is 4.77. The first-order valence-electron chi connectivity index (χ1n) is 6.53. The predicted octanol–water partition coefficient (Wildman–Crippen LogP) is 1.92. The maximum Gasteiger partial charge on any atom is 0.242 e. The molecule has 114 valence electrons. The summed E-state index contributed by atoms with van der Waals surface area (Å²) < 4.78 is 32.2. The zero-order valence-electron chi connectivity index (χ0n) is 12.6. The monoisotopic (exact) mass is 300 g/mol. The van der Waals surface area contributed by atoms with E-state index in [0.29, 0.717) is 13.2 Å². The van der Waals surface area contributed by atoms with Crippen LogP contribution >= 0.6 is 0 Å². The van der Waals surface area contributed by atoms with E-state index in [2.05, 4.69) is 4.72 Å². The summed E-state index contributed by atoms with van der Waals surface area (Å²) in [5.74, 6) is 0. The van der Waals surface area contributed by atoms with Gasteiger partial charge in [0.1, 0.15) is 4.90 Å². The molecule has 0 radical (unpaired) electrons. The summed E-state index contributed by atoms with van der Waals surface area (Å²) in [6, 6.07) is 4.93. The lowest BCUT2D eigenvalue weighted by molar-refractivity contribution is 0.153. The lowest BCUT2D eigenvalue weighted by Gasteiger charge is -2.24. The minimum absolute atomic E-state index is 0.130. The summed E-state index contributed by atoms with van der Waals surface area (Å²) >= 11 is 0. The number of aryl methyl sites for hydroxylation is 1. The number of anilines is 1. The third-order valence-electron chi connectivity index (χ3n) is 3.18. The molecule has 1 rings (SSSR count). The van der Waals surface area contributed by atoms with Gasteiger partial charge in [0.25, 0.3) is 0 Å². The van der Waals surface area contributed by atoms with E-state index in [1.807, 2.05) is 20.8 Å². The van der Waals surface area contributed by atoms with Crippen molar-refractivity contribution < 1.29 is 13.2 Å². The second-order valence-corrected chi connectivity index (χ2v) is 7.51. The van der Waals surface area contributed by atoms with Crippen molar-refractivity contribution in [2.75, 3.05) is 26.0 Å². The molecule has 0 aliphatic carbocycles. The van der Waals surface area contributed by atoms with Crippen LogP contribution in [0.1, 0.15) is 25.8 Å². The number of rotatable bonds is 7. The second kappa shape index (κ2) is 6.56. The van der Waals surface area contributed by atoms with Gasteiger partial charge in [-0.3, -0.25) is 0 Å². The molecular formula is C14H24N2O3S. The largest absolute Gasteiger partial charge is 0.398 e. The zero-order chi connectivity index (χ0) is 15.4. The maximum atomic E-state index is 12.3. The molecule has 3 N–H and O–H groups in total. The van der Waals surface area contributed by atoms with Gasteiger partial charge < -0.3 is 10.5 Å². The fourth-order valence-corrected chi connectivity index (χ4v) is 3.10. The average Bonchev–Trinajstić information content (AvgIpc) is 2.34. The van der Waals surface area contributed by atoms with Crippen LogP contribution < -0.4 is 10.5 Å². The van der Waals surface area contributed by atoms with Gasteiger partial charge in [0, 0.05) is 20.3 Å². The van der Waals surface area contributed by atoms with Crippen molar-refractivity contribution in [1.29, 1.82) is 0 Å². The van der Waals surface area contributed by atoms with Crippen LogP contribution in [0, 0.1) is 12.3 Å². The summed E-state index contributed by atoms with van der Waals surface area (Å²) in [6.07, 6.45) is 0.773. The summed E-state index contributed by atoms with van der Waals surface area (Å²) in [5.41, 5.74) is 6.81. The van der Waals surface area contributed by atoms with Crippen LogP contribution in [0.2, 0.25) is 0 Å². The smallest absolute Gasteiger partial charge is 0.242 e. The van der Waals surface area contributed by atoms with Crippen LogP contribution in [0.4, 0.5) is 5.69 Å². The van der Waals surface area contributed by atoms with Crippen LogP contribution in [0.25, 0.3) is 0 Å². The minimum atomic E-state index is -3.58. The van der Waals surface area contributed by atoms with E-state index < -0.39 is 10.0 Å². The molecule has 6 heteroatoms. The molecule has 0 unspecified atom stereocenters. The molecule has 0 aliphatic rings. The van der Waals surface area contributed by atoms with E-state index >= 15 is 0 Å². The number of nitrogens with two attached hydrogens (primary N) is 1. The molecule has 0 heterocycles. The van der Waals surface area contributed by atoms with E-state index in [9.17, 15) is 8.42 Å². The number of hydrogen-bond acceptors (Lipinski definition) is 4. The Bertz CT molecular complexity index is 554. The van der Waals surface area contributed by atoms with Gasteiger partial charge in [0.15, 0.2) is 0 Å². The van der Waals surface area contributed by atoms with E-state index in [1.165, 1.54) is 6.07 Å². The van der Waals surface area contributed by atoms with Crippen molar-refractivity contribution in [3.63, 3.8) is 0 Å². The highest BCUT2D eigenvalue weighted by atomic mass is 32.2. The molecule has 0 aliphatic heterocycles. The first-order valence-corrected chi connectivity index (χ1v) is 8.01. The quantitative estimate of drug-likeness (QED) is 0.754. The highest BCUT2D eigenvalue weighted by molar-refractivity contribution is 7.89. The maximum absolute atomic E-state index is 12.3. The third-order valence-corrected chi connectivity index (χ3v) is 4.65. The zero-order valence-corrected chi connectivity index (χ0v) is 13.4. The molecule has 0 saturated heterocycles. The molecular weight excluding hydrogens is 276 g/mol. The minimum Gasteiger partial charge on any atom is -0.398 e. The standard InChI is InChI=1S/C14H24N2O3S/c1-11-5-6-13(12(15)9-11)20(17,18)16-10-14(2,3)7-8-19-4/h5-6,9,16H,7-8,10,15H2,1-4H3. The van der Waals surface area contributed by atoms with Gasteiger partial charge >= 0.3 is 0 Å². The molecule has 0 bridgehead atoms. The van der Waals surface area contributed by atoms with Crippen molar-refractivity contribution in [1.82, 2.24) is 4.72 Å². The van der Waals surface area contributed by atoms with Crippen LogP contribution in [0.15, 0.2) is 23.1 Å². The van der Waals surface area contributed by atoms with Crippen molar-refractivity contribution in [2.45, 2.75) is 32.1 Å². The number of ether oxygens (including phenoxy) is 1. The number of hydrogen-bond donors (Lipinski definition) is 2. The van der Waals surface area contributed by atoms with Gasteiger partial charge in [0.2, 0.25) is 10.0 Å². The highest BCUT2D eigenvalue weighted by Crippen LogP contribution is 2.22. The molecule has 20 heavy (non-hydrogen) atoms. The Morgan fingerprint density at radius 3 is 2.55 bits per heavy atom. The van der Waals surface area contributed by atoms with Gasteiger partial charge in [-0.05, 0) is 36.5 Å². The first-order chi connectivity index (χ1) is 9.18. The lowest BCUT2D eigenvalue weighted by Crippen LogP contribution is -2.35. The second-order valence-electron chi connectivity index (χ2n) is 5.77. The normalized spacial score (nSPS) is 12.6. The Labute approximate surface area is 121 Å². The van der Waals surface area contributed by atoms with Crippen molar-refractivity contribution >= 4 is 15.7 Å². The number of sulfonamides is 1. The van der Waals surface area contributed by atoms with Gasteiger partial charge in [-0.15, -0.1) is 0 Å². The van der Waals surface area contributed by atoms with Crippen LogP contribution in [0.3, 0.4) is 0 Å². The molecule has 0 spiro atoms. The number of nitrogens with one attached hydrogen (secondary N) is 1. The Balaban J connectivity index is 2.80. The van der Waals surface area contributed by atoms with Crippen LogP contribution in [-0.2, 0) is 14.8 Å². The SMILES string of the molecule is COCCC(C)(C)CNS(=O)(=O)c1ccc(C)cc1N. The number of nitrogen functional groups attached to an aromatic ring is 1. The Morgan fingerprint density at radius 1 is 1.35 bits per heavy atom. The Kier molecular flexibility index (Phi) is 5.56. The number of methoxy groups -OCH3 is 1. The summed E-state index contributed by atoms with van der Waals surface area (Å²) in [5, 5.41) is 0. The van der Waals surface area contributed by atoms with Gasteiger partial charge in [-0.25, -0.2) is 13.1 Å². The molecule has 1 aromatic carbocycles. The summed E-state index contributed by atoms with van der Waals surface area (Å²) in [4.78, 5) is 0.130. The van der Waals surface area contributed by atoms with E-state index in [1.54, 1.807) is 19.2 Å². The topological polar surface area (TPSA) is 81.4 Å². The Hall–Kier alpha value is -1.11. The van der Waals surface area contributed by atoms with Crippen LogP contribution in [-0.4, -0.2) is 28.7 Å². The summed E-state index contributed by atoms with van der Waals surface area (Å²) in [6.45, 7) is 6.79. The van der Waals surface area contributed by atoms with E-state index in [0.717, 1.165) is 12.0 Å². The summed E-state index contributed by atoms with van der Waals surface area (Å²) in [7, 11) is -1.95. The van der Waals surface area contributed by atoms with Gasteiger partial charge in [0.05, 0.1) is 5.69 Å². The molecule has 0 fully saturated rings. The number of benzene rings is 1. The van der Waals surface area contributed by atoms with Gasteiger partial charge in [-0.1, -0.05) is 19.9 Å². The molecule has 0 amide bonds. The van der Waals surface area contributed by atoms with Gasteiger partial charge in [-0.2, -0.15) is 0 Å². The van der Waals surface area contributed by atoms with E-state index in [4.69, 9.17) is 10.5 Å². The van der Waals surface area contributed by atoms with Crippen molar-refractivity contribution in [2.24, 2.45) is 5.41 Å². The van der Waals surface area contributed by atoms with Crippen LogP contribution in [0.5, 0.6) is 0 Å². The Morgan fingerprint density at radius 2 is 2.00 bits per heavy atom. The highest BCUT2D eigenvalue weighted by Gasteiger charge is 2.23. The molecule has 0 saturated carbocycles. The van der Waals surface area contributed by atoms with E-state index in [-0.39, 0.29) is 16.0 Å². The lowest BCUT2D eigenvalue weighted by atomic mass is 9.90. The molecule has 0 atom stereocenters. The molecule has 5 nitrogen and oxygen atoms in total. The van der Waals surface area contributed by atoms with Crippen molar-refractivity contribution in [3.8, 4) is 0 Å². The molecule has 0 aromatic heterocycles. The molecule has 1 aromatic rings. The fourth-order valence-electron chi connectivity index (χ4n) is 1.75. The fraction of sp³-hybridized carbons (Fsp3) is 0.571. The van der Waals surface area contributed by atoms with Crippen molar-refractivity contribution in [3.05, 3.63) is 23.8 Å². The average molecular weight is 300 g/mol. The predicted molar refractivity (Wildman–Crippen MR) is 81.1 cm³/mol. The first kappa shape index (κ1) is 16.9.